The van der Waals surface area contributed by atoms with Crippen LogP contribution >= 0.6 is 11.6 Å². The summed E-state index contributed by atoms with van der Waals surface area (Å²) in [5.74, 6) is 1.50. The summed E-state index contributed by atoms with van der Waals surface area (Å²) in [6.07, 6.45) is 3.77. The molecule has 1 aromatic rings. The molecule has 130 valence electrons. The average Bonchev–Trinajstić information content (AvgIpc) is 2.52. The third kappa shape index (κ3) is 10.1. The van der Waals surface area contributed by atoms with Crippen LogP contribution in [0.3, 0.4) is 0 Å². The number of ether oxygens (including phenoxy) is 1. The number of hydrogen-bond donors (Lipinski definition) is 2. The third-order valence-electron chi connectivity index (χ3n) is 3.18. The molecule has 0 unspecified atom stereocenters. The maximum absolute atomic E-state index is 5.78. The van der Waals surface area contributed by atoms with Crippen LogP contribution in [0.5, 0.6) is 0 Å². The summed E-state index contributed by atoms with van der Waals surface area (Å²) >= 11 is 5.78. The minimum Gasteiger partial charge on any atom is -0.380 e. The van der Waals surface area contributed by atoms with Crippen molar-refractivity contribution in [3.63, 3.8) is 0 Å². The van der Waals surface area contributed by atoms with Crippen LogP contribution in [0, 0.1) is 5.92 Å². The first-order valence-electron chi connectivity index (χ1n) is 8.32. The van der Waals surface area contributed by atoms with Crippen LogP contribution in [0.1, 0.15) is 32.8 Å². The molecule has 1 rings (SSSR count). The fourth-order valence-electron chi connectivity index (χ4n) is 1.86. The summed E-state index contributed by atoms with van der Waals surface area (Å²) < 4.78 is 5.57. The van der Waals surface area contributed by atoms with Crippen LogP contribution < -0.4 is 10.6 Å². The topological polar surface area (TPSA) is 58.5 Å². The number of hydrogen-bond acceptors (Lipinski definition) is 3. The lowest BCUT2D eigenvalue weighted by atomic mass is 10.1. The van der Waals surface area contributed by atoms with Gasteiger partial charge in [-0.05, 0) is 37.3 Å². The van der Waals surface area contributed by atoms with Crippen molar-refractivity contribution in [1.82, 2.24) is 15.6 Å². The molecule has 0 aliphatic heterocycles. The Hall–Kier alpha value is -1.33. The Kier molecular flexibility index (Phi) is 10.4. The van der Waals surface area contributed by atoms with Crippen LogP contribution in [-0.2, 0) is 11.2 Å². The van der Waals surface area contributed by atoms with Crippen LogP contribution in [0.25, 0.3) is 0 Å². The Labute approximate surface area is 144 Å². The number of guanidine groups is 1. The molecule has 5 nitrogen and oxygen atoms in total. The Morgan fingerprint density at radius 1 is 1.30 bits per heavy atom. The summed E-state index contributed by atoms with van der Waals surface area (Å²) in [7, 11) is 0. The molecule has 0 saturated heterocycles. The third-order valence-corrected chi connectivity index (χ3v) is 3.41. The summed E-state index contributed by atoms with van der Waals surface area (Å²) in [4.78, 5) is 8.59. The molecule has 0 aliphatic carbocycles. The number of halogens is 1. The van der Waals surface area contributed by atoms with Gasteiger partial charge < -0.3 is 15.4 Å². The Morgan fingerprint density at radius 3 is 2.78 bits per heavy atom. The van der Waals surface area contributed by atoms with Gasteiger partial charge in [0, 0.05) is 25.9 Å². The van der Waals surface area contributed by atoms with Gasteiger partial charge in [-0.1, -0.05) is 31.5 Å². The normalized spacial score (nSPS) is 11.8. The molecule has 1 heterocycles. The van der Waals surface area contributed by atoms with E-state index in [1.54, 1.807) is 6.20 Å². The van der Waals surface area contributed by atoms with E-state index < -0.39 is 0 Å². The van der Waals surface area contributed by atoms with Crippen molar-refractivity contribution in [3.05, 3.63) is 29.0 Å². The first-order valence-corrected chi connectivity index (χ1v) is 8.70. The molecule has 0 amide bonds. The second-order valence-electron chi connectivity index (χ2n) is 5.72. The molecule has 0 atom stereocenters. The van der Waals surface area contributed by atoms with Gasteiger partial charge in [-0.25, -0.2) is 4.98 Å². The second kappa shape index (κ2) is 12.1. The zero-order valence-electron chi connectivity index (χ0n) is 14.4. The van der Waals surface area contributed by atoms with E-state index in [-0.39, 0.29) is 0 Å². The lowest BCUT2D eigenvalue weighted by Crippen LogP contribution is -2.38. The Morgan fingerprint density at radius 2 is 2.13 bits per heavy atom. The molecule has 6 heteroatoms. The molecule has 0 bridgehead atoms. The van der Waals surface area contributed by atoms with Gasteiger partial charge in [0.05, 0.1) is 13.2 Å². The first-order chi connectivity index (χ1) is 11.1. The summed E-state index contributed by atoms with van der Waals surface area (Å²) in [5.41, 5.74) is 1.15. The highest BCUT2D eigenvalue weighted by molar-refractivity contribution is 6.29. The number of aliphatic imine (C=N–C) groups is 1. The maximum atomic E-state index is 5.78. The SMILES string of the molecule is CCNC(=NCCOCCC(C)C)NCCc1ccc(Cl)nc1. The van der Waals surface area contributed by atoms with Crippen molar-refractivity contribution < 1.29 is 4.74 Å². The van der Waals surface area contributed by atoms with E-state index in [1.807, 2.05) is 12.1 Å². The van der Waals surface area contributed by atoms with Crippen molar-refractivity contribution in [3.8, 4) is 0 Å². The van der Waals surface area contributed by atoms with Gasteiger partial charge in [0.1, 0.15) is 5.15 Å². The molecular weight excluding hydrogens is 312 g/mol. The van der Waals surface area contributed by atoms with E-state index in [0.717, 1.165) is 44.1 Å². The minimum atomic E-state index is 0.522. The zero-order valence-corrected chi connectivity index (χ0v) is 15.2. The van der Waals surface area contributed by atoms with Gasteiger partial charge in [0.2, 0.25) is 0 Å². The molecule has 23 heavy (non-hydrogen) atoms. The fourth-order valence-corrected chi connectivity index (χ4v) is 1.98. The lowest BCUT2D eigenvalue weighted by Gasteiger charge is -2.11. The van der Waals surface area contributed by atoms with Crippen molar-refractivity contribution in [1.29, 1.82) is 0 Å². The highest BCUT2D eigenvalue weighted by Crippen LogP contribution is 2.05. The van der Waals surface area contributed by atoms with Gasteiger partial charge in [-0.3, -0.25) is 4.99 Å². The monoisotopic (exact) mass is 340 g/mol. The molecule has 0 aromatic carbocycles. The van der Waals surface area contributed by atoms with Gasteiger partial charge in [0.15, 0.2) is 5.96 Å². The molecule has 2 N–H and O–H groups in total. The van der Waals surface area contributed by atoms with Crippen LogP contribution in [0.15, 0.2) is 23.3 Å². The van der Waals surface area contributed by atoms with E-state index in [1.165, 1.54) is 0 Å². The van der Waals surface area contributed by atoms with Gasteiger partial charge >= 0.3 is 0 Å². The standard InChI is InChI=1S/C17H29ClN4O/c1-4-19-17(21-10-12-23-11-8-14(2)3)20-9-7-15-5-6-16(18)22-13-15/h5-6,13-14H,4,7-12H2,1-3H3,(H2,19,20,21). The lowest BCUT2D eigenvalue weighted by molar-refractivity contribution is 0.130. The van der Waals surface area contributed by atoms with E-state index in [0.29, 0.717) is 24.2 Å². The number of nitrogens with zero attached hydrogens (tertiary/aromatic N) is 2. The second-order valence-corrected chi connectivity index (χ2v) is 6.11. The maximum Gasteiger partial charge on any atom is 0.191 e. The van der Waals surface area contributed by atoms with Gasteiger partial charge in [-0.2, -0.15) is 0 Å². The zero-order chi connectivity index (χ0) is 16.9. The van der Waals surface area contributed by atoms with Gasteiger partial charge in [-0.15, -0.1) is 0 Å². The Balaban J connectivity index is 2.24. The number of rotatable bonds is 10. The predicted octanol–water partition coefficient (Wildman–Crippen LogP) is 2.90. The smallest absolute Gasteiger partial charge is 0.191 e. The number of aromatic nitrogens is 1. The van der Waals surface area contributed by atoms with E-state index >= 15 is 0 Å². The molecule has 1 aromatic heterocycles. The highest BCUT2D eigenvalue weighted by atomic mass is 35.5. The van der Waals surface area contributed by atoms with E-state index in [2.05, 4.69) is 41.4 Å². The van der Waals surface area contributed by atoms with Crippen molar-refractivity contribution in [2.75, 3.05) is 32.8 Å². The van der Waals surface area contributed by atoms with E-state index in [9.17, 15) is 0 Å². The fraction of sp³-hybridized carbons (Fsp3) is 0.647. The van der Waals surface area contributed by atoms with Crippen LogP contribution in [-0.4, -0.2) is 43.8 Å². The number of nitrogens with one attached hydrogen (secondary N) is 2. The van der Waals surface area contributed by atoms with Gasteiger partial charge in [0.25, 0.3) is 0 Å². The van der Waals surface area contributed by atoms with E-state index in [4.69, 9.17) is 16.3 Å². The van der Waals surface area contributed by atoms with Crippen molar-refractivity contribution >= 4 is 17.6 Å². The molecular formula is C17H29ClN4O. The van der Waals surface area contributed by atoms with Crippen molar-refractivity contribution in [2.45, 2.75) is 33.6 Å². The first kappa shape index (κ1) is 19.7. The average molecular weight is 341 g/mol. The molecule has 0 radical (unpaired) electrons. The van der Waals surface area contributed by atoms with Crippen molar-refractivity contribution in [2.24, 2.45) is 10.9 Å². The molecule has 0 fully saturated rings. The summed E-state index contributed by atoms with van der Waals surface area (Å²) in [6.45, 7) is 10.2. The largest absolute Gasteiger partial charge is 0.380 e. The predicted molar refractivity (Wildman–Crippen MR) is 97.2 cm³/mol. The molecule has 0 saturated carbocycles. The Bertz CT molecular complexity index is 448. The van der Waals surface area contributed by atoms with Crippen LogP contribution in [0.4, 0.5) is 0 Å². The van der Waals surface area contributed by atoms with Crippen LogP contribution in [0.2, 0.25) is 5.15 Å². The summed E-state index contributed by atoms with van der Waals surface area (Å²) in [5, 5.41) is 7.07. The quantitative estimate of drug-likeness (QED) is 0.297. The molecule has 0 aliphatic rings. The highest BCUT2D eigenvalue weighted by Gasteiger charge is 1.99. The summed E-state index contributed by atoms with van der Waals surface area (Å²) in [6, 6.07) is 3.80. The molecule has 0 spiro atoms. The minimum absolute atomic E-state index is 0.522. The number of pyridine rings is 1.